The van der Waals surface area contributed by atoms with Crippen molar-refractivity contribution in [2.45, 2.75) is 52.4 Å². The lowest BCUT2D eigenvalue weighted by Crippen LogP contribution is -2.35. The van der Waals surface area contributed by atoms with Gasteiger partial charge in [0.15, 0.2) is 0 Å². The van der Waals surface area contributed by atoms with E-state index in [9.17, 15) is 9.59 Å². The first-order chi connectivity index (χ1) is 10.7. The van der Waals surface area contributed by atoms with Crippen LogP contribution in [0.5, 0.6) is 0 Å². The van der Waals surface area contributed by atoms with Gasteiger partial charge in [0.25, 0.3) is 0 Å². The third-order valence-corrected chi connectivity index (χ3v) is 3.82. The molecule has 1 aliphatic rings. The van der Waals surface area contributed by atoms with Gasteiger partial charge in [-0.25, -0.2) is 0 Å². The summed E-state index contributed by atoms with van der Waals surface area (Å²) < 4.78 is 10.5. The number of rotatable bonds is 8. The van der Waals surface area contributed by atoms with Gasteiger partial charge in [-0.2, -0.15) is 0 Å². The predicted octanol–water partition coefficient (Wildman–Crippen LogP) is 3.81. The Balaban J connectivity index is 2.50. The lowest BCUT2D eigenvalue weighted by atomic mass is 9.79. The van der Waals surface area contributed by atoms with Gasteiger partial charge in [0, 0.05) is 0 Å². The maximum atomic E-state index is 12.2. The van der Waals surface area contributed by atoms with Crippen molar-refractivity contribution >= 4 is 11.9 Å². The largest absolute Gasteiger partial charge is 0.461 e. The van der Waals surface area contributed by atoms with Gasteiger partial charge in [0.1, 0.15) is 13.2 Å². The van der Waals surface area contributed by atoms with E-state index in [0.29, 0.717) is 12.8 Å². The van der Waals surface area contributed by atoms with E-state index in [1.165, 1.54) is 0 Å². The molecule has 0 spiro atoms. The fourth-order valence-corrected chi connectivity index (χ4v) is 2.64. The Bertz CT molecular complexity index is 360. The van der Waals surface area contributed by atoms with Crippen LogP contribution in [0, 0.1) is 11.8 Å². The first-order valence-electron chi connectivity index (χ1n) is 8.33. The van der Waals surface area contributed by atoms with Crippen molar-refractivity contribution in [1.29, 1.82) is 0 Å². The number of carbonyl (C=O) groups is 2. The van der Waals surface area contributed by atoms with Crippen molar-refractivity contribution in [3.63, 3.8) is 0 Å². The highest BCUT2D eigenvalue weighted by atomic mass is 16.5. The number of carbonyl (C=O) groups excluding carboxylic acids is 2. The zero-order chi connectivity index (χ0) is 16.2. The molecular formula is C18H28O4. The average Bonchev–Trinajstić information content (AvgIpc) is 2.55. The Morgan fingerprint density at radius 2 is 1.23 bits per heavy atom. The summed E-state index contributed by atoms with van der Waals surface area (Å²) in [5.41, 5.74) is 0. The molecule has 0 saturated heterocycles. The van der Waals surface area contributed by atoms with Gasteiger partial charge in [0.05, 0.1) is 11.8 Å². The predicted molar refractivity (Wildman–Crippen MR) is 86.2 cm³/mol. The summed E-state index contributed by atoms with van der Waals surface area (Å²) in [6.07, 6.45) is 12.8. The number of hydrogen-bond acceptors (Lipinski definition) is 4. The number of esters is 2. The van der Waals surface area contributed by atoms with E-state index in [1.54, 1.807) is 0 Å². The zero-order valence-electron chi connectivity index (χ0n) is 13.8. The molecule has 0 amide bonds. The molecular weight excluding hydrogens is 280 g/mol. The van der Waals surface area contributed by atoms with Gasteiger partial charge in [-0.05, 0) is 25.7 Å². The highest BCUT2D eigenvalue weighted by Crippen LogP contribution is 2.32. The maximum absolute atomic E-state index is 12.2. The summed E-state index contributed by atoms with van der Waals surface area (Å²) in [5, 5.41) is 0. The van der Waals surface area contributed by atoms with E-state index in [4.69, 9.17) is 9.47 Å². The Labute approximate surface area is 133 Å². The van der Waals surface area contributed by atoms with Crippen molar-refractivity contribution in [2.75, 3.05) is 13.2 Å². The quantitative estimate of drug-likeness (QED) is 0.505. The molecule has 4 heteroatoms. The Kier molecular flexibility index (Phi) is 9.28. The molecule has 0 radical (unpaired) electrons. The van der Waals surface area contributed by atoms with E-state index in [-0.39, 0.29) is 37.0 Å². The van der Waals surface area contributed by atoms with Crippen LogP contribution in [0.4, 0.5) is 0 Å². The second-order valence-corrected chi connectivity index (χ2v) is 5.52. The number of allylic oxidation sites excluding steroid dienone is 2. The van der Waals surface area contributed by atoms with Crippen molar-refractivity contribution in [2.24, 2.45) is 11.8 Å². The highest BCUT2D eigenvalue weighted by molar-refractivity contribution is 5.82. The molecule has 0 heterocycles. The van der Waals surface area contributed by atoms with Gasteiger partial charge < -0.3 is 9.47 Å². The van der Waals surface area contributed by atoms with Crippen LogP contribution in [0.15, 0.2) is 24.3 Å². The summed E-state index contributed by atoms with van der Waals surface area (Å²) in [6, 6.07) is 0. The Hall–Kier alpha value is -1.58. The topological polar surface area (TPSA) is 52.6 Å². The smallest absolute Gasteiger partial charge is 0.310 e. The van der Waals surface area contributed by atoms with E-state index in [2.05, 4.69) is 0 Å². The van der Waals surface area contributed by atoms with Gasteiger partial charge in [-0.1, -0.05) is 51.0 Å². The molecule has 0 aromatic heterocycles. The van der Waals surface area contributed by atoms with Gasteiger partial charge >= 0.3 is 11.9 Å². The lowest BCUT2D eigenvalue weighted by Gasteiger charge is -2.27. The first kappa shape index (κ1) is 18.5. The minimum atomic E-state index is -0.355. The Morgan fingerprint density at radius 3 is 1.59 bits per heavy atom. The second kappa shape index (κ2) is 11.0. The summed E-state index contributed by atoms with van der Waals surface area (Å²) in [7, 11) is 0. The minimum Gasteiger partial charge on any atom is -0.461 e. The van der Waals surface area contributed by atoms with Crippen LogP contribution in [0.2, 0.25) is 0 Å². The second-order valence-electron chi connectivity index (χ2n) is 5.52. The van der Waals surface area contributed by atoms with Crippen LogP contribution in [-0.2, 0) is 19.1 Å². The molecule has 124 valence electrons. The van der Waals surface area contributed by atoms with E-state index >= 15 is 0 Å². The average molecular weight is 308 g/mol. The van der Waals surface area contributed by atoms with E-state index in [0.717, 1.165) is 25.7 Å². The molecule has 0 aliphatic heterocycles. The van der Waals surface area contributed by atoms with Crippen LogP contribution in [0.3, 0.4) is 0 Å². The molecule has 22 heavy (non-hydrogen) atoms. The van der Waals surface area contributed by atoms with Gasteiger partial charge in [-0.15, -0.1) is 0 Å². The molecule has 0 aromatic carbocycles. The highest BCUT2D eigenvalue weighted by Gasteiger charge is 2.37. The number of hydrogen-bond donors (Lipinski definition) is 0. The van der Waals surface area contributed by atoms with Crippen LogP contribution in [0.1, 0.15) is 52.4 Å². The van der Waals surface area contributed by atoms with Crippen molar-refractivity contribution in [3.8, 4) is 0 Å². The molecule has 1 aliphatic carbocycles. The third kappa shape index (κ3) is 6.46. The number of ether oxygens (including phenoxy) is 2. The molecule has 0 bridgehead atoms. The van der Waals surface area contributed by atoms with Gasteiger partial charge in [0.2, 0.25) is 0 Å². The SMILES string of the molecule is CC/C=C/COC(=O)C1CCCCC1C(=O)OC/C=C/CC. The third-order valence-electron chi connectivity index (χ3n) is 3.82. The summed E-state index contributed by atoms with van der Waals surface area (Å²) in [5.74, 6) is -1.25. The van der Waals surface area contributed by atoms with Crippen molar-refractivity contribution < 1.29 is 19.1 Å². The molecule has 0 N–H and O–H groups in total. The molecule has 0 aromatic rings. The van der Waals surface area contributed by atoms with E-state index in [1.807, 2.05) is 38.2 Å². The maximum Gasteiger partial charge on any atom is 0.310 e. The van der Waals surface area contributed by atoms with Crippen LogP contribution < -0.4 is 0 Å². The van der Waals surface area contributed by atoms with Crippen molar-refractivity contribution in [3.05, 3.63) is 24.3 Å². The lowest BCUT2D eigenvalue weighted by molar-refractivity contribution is -0.161. The van der Waals surface area contributed by atoms with Crippen LogP contribution >= 0.6 is 0 Å². The summed E-state index contributed by atoms with van der Waals surface area (Å²) in [6.45, 7) is 4.62. The monoisotopic (exact) mass is 308 g/mol. The minimum absolute atomic E-state index is 0.272. The van der Waals surface area contributed by atoms with Crippen LogP contribution in [-0.4, -0.2) is 25.2 Å². The molecule has 4 nitrogen and oxygen atoms in total. The molecule has 1 rings (SSSR count). The first-order valence-corrected chi connectivity index (χ1v) is 8.33. The normalized spacial score (nSPS) is 22.1. The fraction of sp³-hybridized carbons (Fsp3) is 0.667. The fourth-order valence-electron chi connectivity index (χ4n) is 2.64. The summed E-state index contributed by atoms with van der Waals surface area (Å²) >= 11 is 0. The standard InChI is InChI=1S/C18H28O4/c1-3-5-9-13-21-17(19)15-11-7-8-12-16(15)18(20)22-14-10-6-4-2/h5-6,9-10,15-16H,3-4,7-8,11-14H2,1-2H3/b9-5+,10-6+. The molecule has 1 saturated carbocycles. The summed E-state index contributed by atoms with van der Waals surface area (Å²) in [4.78, 5) is 24.3. The zero-order valence-corrected chi connectivity index (χ0v) is 13.8. The molecule has 1 fully saturated rings. The van der Waals surface area contributed by atoms with Crippen molar-refractivity contribution in [1.82, 2.24) is 0 Å². The van der Waals surface area contributed by atoms with E-state index < -0.39 is 0 Å². The molecule has 2 unspecified atom stereocenters. The Morgan fingerprint density at radius 1 is 0.818 bits per heavy atom. The van der Waals surface area contributed by atoms with Crippen LogP contribution in [0.25, 0.3) is 0 Å². The van der Waals surface area contributed by atoms with Gasteiger partial charge in [-0.3, -0.25) is 9.59 Å². The molecule has 2 atom stereocenters.